The Bertz CT molecular complexity index is 1480. The van der Waals surface area contributed by atoms with Crippen molar-refractivity contribution in [2.24, 2.45) is 0 Å². The number of aromatic nitrogens is 3. The van der Waals surface area contributed by atoms with Crippen molar-refractivity contribution in [2.75, 3.05) is 39.3 Å². The number of urea groups is 2. The Kier molecular flexibility index (Phi) is 7.63. The number of rotatable bonds is 3. The fourth-order valence-electron chi connectivity index (χ4n) is 6.58. The zero-order valence-electron chi connectivity index (χ0n) is 22.9. The van der Waals surface area contributed by atoms with E-state index in [0.29, 0.717) is 64.1 Å². The van der Waals surface area contributed by atoms with Gasteiger partial charge < -0.3 is 20.0 Å². The monoisotopic (exact) mass is 567 g/mol. The Morgan fingerprint density at radius 3 is 2.46 bits per heavy atom. The van der Waals surface area contributed by atoms with Crippen molar-refractivity contribution in [3.05, 3.63) is 64.2 Å². The zero-order valence-corrected chi connectivity index (χ0v) is 22.9. The van der Waals surface area contributed by atoms with Crippen molar-refractivity contribution >= 4 is 23.2 Å². The molecule has 12 heteroatoms. The van der Waals surface area contributed by atoms with Crippen LogP contribution < -0.4 is 11.0 Å². The molecular weight excluding hydrogens is 532 g/mol. The van der Waals surface area contributed by atoms with E-state index in [4.69, 9.17) is 0 Å². The van der Waals surface area contributed by atoms with E-state index in [1.165, 1.54) is 6.07 Å². The van der Waals surface area contributed by atoms with Crippen molar-refractivity contribution in [3.8, 4) is 0 Å². The van der Waals surface area contributed by atoms with Gasteiger partial charge in [0.2, 0.25) is 0 Å². The number of hydrogen-bond donors (Lipinski definition) is 2. The fraction of sp³-hybridized carbons (Fsp3) is 0.517. The smallest absolute Gasteiger partial charge is 0.327 e. The first-order chi connectivity index (χ1) is 19.9. The number of fused-ring (bicyclic) bond motifs is 1. The van der Waals surface area contributed by atoms with Gasteiger partial charge in [0, 0.05) is 63.5 Å². The molecule has 3 aromatic rings. The van der Waals surface area contributed by atoms with Gasteiger partial charge in [-0.25, -0.2) is 28.1 Å². The minimum atomic E-state index is -0.899. The van der Waals surface area contributed by atoms with Crippen molar-refractivity contribution in [1.82, 2.24) is 34.6 Å². The summed E-state index contributed by atoms with van der Waals surface area (Å²) in [7, 11) is 0. The average Bonchev–Trinajstić information content (AvgIpc) is 3.58. The maximum Gasteiger partial charge on any atom is 0.327 e. The fourth-order valence-corrected chi connectivity index (χ4v) is 6.58. The molecule has 4 amide bonds. The van der Waals surface area contributed by atoms with Crippen molar-refractivity contribution in [2.45, 2.75) is 56.5 Å². The molecule has 41 heavy (non-hydrogen) atoms. The molecule has 3 saturated heterocycles. The summed E-state index contributed by atoms with van der Waals surface area (Å²) in [5.41, 5.74) is 1.37. The van der Waals surface area contributed by atoms with Gasteiger partial charge in [0.1, 0.15) is 0 Å². The maximum atomic E-state index is 14.8. The number of hydrogen-bond acceptors (Lipinski definition) is 4. The highest BCUT2D eigenvalue weighted by molar-refractivity contribution is 5.76. The van der Waals surface area contributed by atoms with Crippen LogP contribution in [-0.2, 0) is 0 Å². The van der Waals surface area contributed by atoms with Crippen molar-refractivity contribution < 1.29 is 18.4 Å². The number of carbonyl (C=O) groups excluding carboxylic acids is 2. The Morgan fingerprint density at radius 1 is 0.902 bits per heavy atom. The number of amides is 4. The molecule has 0 aliphatic carbocycles. The highest BCUT2D eigenvalue weighted by atomic mass is 19.2. The lowest BCUT2D eigenvalue weighted by Crippen LogP contribution is -2.52. The molecule has 3 aliphatic heterocycles. The van der Waals surface area contributed by atoms with E-state index < -0.39 is 11.6 Å². The summed E-state index contributed by atoms with van der Waals surface area (Å²) in [6.07, 6.45) is 5.82. The van der Waals surface area contributed by atoms with Gasteiger partial charge in [-0.2, -0.15) is 0 Å². The molecule has 0 saturated carbocycles. The number of likely N-dealkylation sites (tertiary alicyclic amines) is 3. The van der Waals surface area contributed by atoms with E-state index in [1.54, 1.807) is 37.6 Å². The SMILES string of the molecule is O=C(N[C@@H]1CC[C@@H](c2cccc(F)c2F)CN(C(=O)N2CCCC2)C1)N1CCC(n2c(=O)[nH]c3ncccc32)CC1. The van der Waals surface area contributed by atoms with Crippen LogP contribution >= 0.6 is 0 Å². The molecule has 0 bridgehead atoms. The zero-order chi connectivity index (χ0) is 28.5. The Hall–Kier alpha value is -3.96. The van der Waals surface area contributed by atoms with Crippen LogP contribution in [0.5, 0.6) is 0 Å². The third-order valence-electron chi connectivity index (χ3n) is 8.75. The maximum absolute atomic E-state index is 14.8. The van der Waals surface area contributed by atoms with Gasteiger partial charge in [-0.05, 0) is 62.3 Å². The van der Waals surface area contributed by atoms with E-state index in [9.17, 15) is 23.2 Å². The van der Waals surface area contributed by atoms with Crippen LogP contribution in [0.4, 0.5) is 18.4 Å². The molecule has 0 unspecified atom stereocenters. The van der Waals surface area contributed by atoms with Gasteiger partial charge in [0.15, 0.2) is 17.3 Å². The quantitative estimate of drug-likeness (QED) is 0.502. The van der Waals surface area contributed by atoms with E-state index in [1.807, 2.05) is 6.07 Å². The molecule has 10 nitrogen and oxygen atoms in total. The largest absolute Gasteiger partial charge is 0.333 e. The Balaban J connectivity index is 1.13. The first-order valence-corrected chi connectivity index (χ1v) is 14.5. The van der Waals surface area contributed by atoms with Crippen LogP contribution in [0.3, 0.4) is 0 Å². The molecule has 0 spiro atoms. The number of H-pyrrole nitrogens is 1. The molecule has 1 aromatic carbocycles. The summed E-state index contributed by atoms with van der Waals surface area (Å²) >= 11 is 0. The molecule has 5 heterocycles. The lowest BCUT2D eigenvalue weighted by molar-refractivity contribution is 0.151. The number of nitrogens with one attached hydrogen (secondary N) is 2. The molecular formula is C29H35F2N7O3. The summed E-state index contributed by atoms with van der Waals surface area (Å²) in [6, 6.07) is 7.13. The number of pyridine rings is 1. The number of aromatic amines is 1. The summed E-state index contributed by atoms with van der Waals surface area (Å²) in [5, 5.41) is 3.11. The van der Waals surface area contributed by atoms with Gasteiger partial charge in [0.05, 0.1) is 5.52 Å². The van der Waals surface area contributed by atoms with Crippen LogP contribution in [0, 0.1) is 11.6 Å². The standard InChI is InChI=1S/C29H35F2N7O3/c30-23-6-3-5-22(25(23)31)19-8-9-20(18-37(17-19)29(41)36-13-1-2-14-36)33-27(39)35-15-10-21(11-16-35)38-24-7-4-12-32-26(24)34-28(38)40/h3-7,12,19-21H,1-2,8-11,13-18H2,(H,33,39)(H,32,34,40)/t19-,20-/m1/s1. The summed E-state index contributed by atoms with van der Waals surface area (Å²) in [5.74, 6) is -2.15. The molecule has 218 valence electrons. The van der Waals surface area contributed by atoms with E-state index >= 15 is 0 Å². The number of carbonyl (C=O) groups is 2. The second-order valence-corrected chi connectivity index (χ2v) is 11.3. The second-order valence-electron chi connectivity index (χ2n) is 11.3. The minimum absolute atomic E-state index is 0.0436. The van der Waals surface area contributed by atoms with Crippen LogP contribution in [0.1, 0.15) is 56.0 Å². The van der Waals surface area contributed by atoms with Gasteiger partial charge in [0.25, 0.3) is 0 Å². The van der Waals surface area contributed by atoms with Crippen LogP contribution in [0.25, 0.3) is 11.2 Å². The lowest BCUT2D eigenvalue weighted by atomic mass is 9.93. The molecule has 3 fully saturated rings. The van der Waals surface area contributed by atoms with E-state index in [-0.39, 0.29) is 47.9 Å². The van der Waals surface area contributed by atoms with Crippen molar-refractivity contribution in [1.29, 1.82) is 0 Å². The molecule has 3 aliphatic rings. The number of imidazole rings is 1. The molecule has 2 aromatic heterocycles. The van der Waals surface area contributed by atoms with Crippen molar-refractivity contribution in [3.63, 3.8) is 0 Å². The molecule has 6 rings (SSSR count). The highest BCUT2D eigenvalue weighted by Crippen LogP contribution is 2.31. The molecule has 0 radical (unpaired) electrons. The van der Waals surface area contributed by atoms with Crippen LogP contribution in [0.15, 0.2) is 41.3 Å². The second kappa shape index (κ2) is 11.5. The Morgan fingerprint density at radius 2 is 1.68 bits per heavy atom. The van der Waals surface area contributed by atoms with Gasteiger partial charge in [-0.3, -0.25) is 9.55 Å². The third-order valence-corrected chi connectivity index (χ3v) is 8.75. The van der Waals surface area contributed by atoms with Crippen LogP contribution in [-0.4, -0.2) is 86.6 Å². The minimum Gasteiger partial charge on any atom is -0.333 e. The number of piperidine rings is 1. The predicted molar refractivity (Wildman–Crippen MR) is 149 cm³/mol. The lowest BCUT2D eigenvalue weighted by Gasteiger charge is -2.34. The van der Waals surface area contributed by atoms with Gasteiger partial charge in [-0.1, -0.05) is 12.1 Å². The summed E-state index contributed by atoms with van der Waals surface area (Å²) < 4.78 is 30.5. The first-order valence-electron chi connectivity index (χ1n) is 14.5. The Labute approximate surface area is 236 Å². The molecule has 2 atom stereocenters. The van der Waals surface area contributed by atoms with Gasteiger partial charge in [-0.15, -0.1) is 0 Å². The third kappa shape index (κ3) is 5.51. The molecule has 2 N–H and O–H groups in total. The van der Waals surface area contributed by atoms with E-state index in [2.05, 4.69) is 15.3 Å². The van der Waals surface area contributed by atoms with E-state index in [0.717, 1.165) is 24.4 Å². The number of nitrogens with zero attached hydrogens (tertiary/aromatic N) is 5. The van der Waals surface area contributed by atoms with Crippen LogP contribution in [0.2, 0.25) is 0 Å². The predicted octanol–water partition coefficient (Wildman–Crippen LogP) is 3.81. The normalized spacial score (nSPS) is 22.2. The summed E-state index contributed by atoms with van der Waals surface area (Å²) in [4.78, 5) is 51.6. The summed E-state index contributed by atoms with van der Waals surface area (Å²) in [6.45, 7) is 2.89. The number of benzene rings is 1. The highest BCUT2D eigenvalue weighted by Gasteiger charge is 2.34. The topological polar surface area (TPSA) is 107 Å². The number of halogens is 2. The first kappa shape index (κ1) is 27.2. The average molecular weight is 568 g/mol. The van der Waals surface area contributed by atoms with Gasteiger partial charge >= 0.3 is 17.8 Å².